The normalized spacial score (nSPS) is 29.5. The molecule has 0 aromatic rings. The fourth-order valence-electron chi connectivity index (χ4n) is 1.66. The summed E-state index contributed by atoms with van der Waals surface area (Å²) in [5.41, 5.74) is 0.106. The van der Waals surface area contributed by atoms with E-state index in [-0.39, 0.29) is 12.0 Å². The minimum Gasteiger partial charge on any atom is -0.396 e. The molecular formula is C9H19NO2. The molecule has 72 valence electrons. The summed E-state index contributed by atoms with van der Waals surface area (Å²) in [7, 11) is 0. The molecule has 0 spiro atoms. The summed E-state index contributed by atoms with van der Waals surface area (Å²) >= 11 is 0. The van der Waals surface area contributed by atoms with Crippen LogP contribution < -0.4 is 5.32 Å². The maximum atomic E-state index is 9.22. The van der Waals surface area contributed by atoms with Crippen LogP contribution in [-0.4, -0.2) is 38.0 Å². The molecule has 1 unspecified atom stereocenters. The second kappa shape index (κ2) is 4.80. The molecule has 0 radical (unpaired) electrons. The fourth-order valence-corrected chi connectivity index (χ4v) is 1.66. The number of rotatable bonds is 5. The van der Waals surface area contributed by atoms with Crippen LogP contribution >= 0.6 is 0 Å². The summed E-state index contributed by atoms with van der Waals surface area (Å²) in [6.45, 7) is 5.81. The van der Waals surface area contributed by atoms with Crippen molar-refractivity contribution in [2.24, 2.45) is 5.41 Å². The molecule has 3 heteroatoms. The number of hydrogen-bond acceptors (Lipinski definition) is 3. The molecule has 1 heterocycles. The van der Waals surface area contributed by atoms with E-state index in [4.69, 9.17) is 4.74 Å². The van der Waals surface area contributed by atoms with Crippen LogP contribution in [0.15, 0.2) is 0 Å². The summed E-state index contributed by atoms with van der Waals surface area (Å²) in [4.78, 5) is 0. The van der Waals surface area contributed by atoms with Crippen molar-refractivity contribution in [2.45, 2.75) is 19.8 Å². The first-order valence-corrected chi connectivity index (χ1v) is 4.72. The van der Waals surface area contributed by atoms with Gasteiger partial charge in [0.05, 0.1) is 6.61 Å². The number of ether oxygens (including phenoxy) is 1. The van der Waals surface area contributed by atoms with Gasteiger partial charge in [-0.05, 0) is 26.3 Å². The van der Waals surface area contributed by atoms with Crippen molar-refractivity contribution in [3.63, 3.8) is 0 Å². The zero-order valence-electron chi connectivity index (χ0n) is 7.81. The summed E-state index contributed by atoms with van der Waals surface area (Å²) in [5, 5.41) is 12.5. The van der Waals surface area contributed by atoms with E-state index in [9.17, 15) is 5.11 Å². The van der Waals surface area contributed by atoms with Crippen molar-refractivity contribution in [3.05, 3.63) is 0 Å². The van der Waals surface area contributed by atoms with Crippen molar-refractivity contribution in [3.8, 4) is 0 Å². The number of nitrogens with one attached hydrogen (secondary N) is 1. The van der Waals surface area contributed by atoms with Gasteiger partial charge in [0, 0.05) is 25.2 Å². The number of hydrogen-bond donors (Lipinski definition) is 2. The zero-order chi connectivity index (χ0) is 8.86. The second-order valence-electron chi connectivity index (χ2n) is 3.53. The monoisotopic (exact) mass is 173 g/mol. The molecule has 1 saturated heterocycles. The Kier molecular flexibility index (Phi) is 3.98. The maximum absolute atomic E-state index is 9.22. The Balaban J connectivity index is 2.24. The average Bonchev–Trinajstić information content (AvgIpc) is 2.55. The third-order valence-electron chi connectivity index (χ3n) is 2.65. The molecule has 1 aliphatic rings. The Morgan fingerprint density at radius 1 is 1.58 bits per heavy atom. The molecule has 1 aliphatic heterocycles. The van der Waals surface area contributed by atoms with Gasteiger partial charge >= 0.3 is 0 Å². The van der Waals surface area contributed by atoms with E-state index in [1.54, 1.807) is 0 Å². The largest absolute Gasteiger partial charge is 0.396 e. The Labute approximate surface area is 74.1 Å². The van der Waals surface area contributed by atoms with E-state index in [0.29, 0.717) is 0 Å². The van der Waals surface area contributed by atoms with Gasteiger partial charge in [0.1, 0.15) is 0 Å². The molecule has 1 fully saturated rings. The average molecular weight is 173 g/mol. The van der Waals surface area contributed by atoms with Crippen LogP contribution in [-0.2, 0) is 4.74 Å². The van der Waals surface area contributed by atoms with Gasteiger partial charge < -0.3 is 15.2 Å². The molecule has 1 rings (SSSR count). The molecule has 0 aromatic carbocycles. The van der Waals surface area contributed by atoms with Crippen molar-refractivity contribution >= 4 is 0 Å². The lowest BCUT2D eigenvalue weighted by Gasteiger charge is -2.24. The van der Waals surface area contributed by atoms with Crippen LogP contribution in [0, 0.1) is 5.41 Å². The first-order chi connectivity index (χ1) is 5.83. The first kappa shape index (κ1) is 9.96. The minimum absolute atomic E-state index is 0.106. The smallest absolute Gasteiger partial charge is 0.0500 e. The number of aliphatic hydroxyl groups is 1. The summed E-state index contributed by atoms with van der Waals surface area (Å²) < 4.78 is 5.28. The Morgan fingerprint density at radius 3 is 2.92 bits per heavy atom. The van der Waals surface area contributed by atoms with E-state index in [1.807, 2.05) is 6.92 Å². The number of aliphatic hydroxyl groups excluding tert-OH is 1. The van der Waals surface area contributed by atoms with Gasteiger partial charge in [-0.1, -0.05) is 0 Å². The first-order valence-electron chi connectivity index (χ1n) is 4.72. The van der Waals surface area contributed by atoms with Crippen LogP contribution in [0.25, 0.3) is 0 Å². The van der Waals surface area contributed by atoms with Crippen LogP contribution in [0.3, 0.4) is 0 Å². The van der Waals surface area contributed by atoms with Gasteiger partial charge in [-0.15, -0.1) is 0 Å². The highest BCUT2D eigenvalue weighted by atomic mass is 16.5. The summed E-state index contributed by atoms with van der Waals surface area (Å²) in [6, 6.07) is 0. The van der Waals surface area contributed by atoms with Crippen molar-refractivity contribution in [1.29, 1.82) is 0 Å². The maximum Gasteiger partial charge on any atom is 0.0500 e. The highest BCUT2D eigenvalue weighted by Gasteiger charge is 2.32. The summed E-state index contributed by atoms with van der Waals surface area (Å²) in [5.74, 6) is 0. The van der Waals surface area contributed by atoms with E-state index in [1.165, 1.54) is 0 Å². The highest BCUT2D eigenvalue weighted by molar-refractivity contribution is 4.86. The van der Waals surface area contributed by atoms with Crippen molar-refractivity contribution < 1.29 is 9.84 Å². The van der Waals surface area contributed by atoms with Crippen LogP contribution in [0.1, 0.15) is 19.8 Å². The molecule has 0 aliphatic carbocycles. The fraction of sp³-hybridized carbons (Fsp3) is 1.00. The molecule has 0 bridgehead atoms. The van der Waals surface area contributed by atoms with Gasteiger partial charge in [0.25, 0.3) is 0 Å². The van der Waals surface area contributed by atoms with Crippen LogP contribution in [0.2, 0.25) is 0 Å². The molecule has 0 saturated carbocycles. The Hall–Kier alpha value is -0.120. The van der Waals surface area contributed by atoms with Gasteiger partial charge in [-0.3, -0.25) is 0 Å². The van der Waals surface area contributed by atoms with E-state index >= 15 is 0 Å². The standard InChI is InChI=1S/C9H19NO2/c1-2-12-6-4-9(8-11)3-5-10-7-9/h10-11H,2-8H2,1H3. The molecule has 2 N–H and O–H groups in total. The third-order valence-corrected chi connectivity index (χ3v) is 2.65. The lowest BCUT2D eigenvalue weighted by Crippen LogP contribution is -2.29. The highest BCUT2D eigenvalue weighted by Crippen LogP contribution is 2.28. The molecule has 3 nitrogen and oxygen atoms in total. The van der Waals surface area contributed by atoms with E-state index in [2.05, 4.69) is 5.32 Å². The van der Waals surface area contributed by atoms with E-state index < -0.39 is 0 Å². The third kappa shape index (κ3) is 2.44. The van der Waals surface area contributed by atoms with Crippen LogP contribution in [0.4, 0.5) is 0 Å². The van der Waals surface area contributed by atoms with Gasteiger partial charge in [-0.25, -0.2) is 0 Å². The SMILES string of the molecule is CCOCCC1(CO)CCNC1. The molecular weight excluding hydrogens is 154 g/mol. The predicted octanol–water partition coefficient (Wildman–Crippen LogP) is 0.385. The van der Waals surface area contributed by atoms with Crippen molar-refractivity contribution in [1.82, 2.24) is 5.32 Å². The van der Waals surface area contributed by atoms with Crippen molar-refractivity contribution in [2.75, 3.05) is 32.9 Å². The lowest BCUT2D eigenvalue weighted by molar-refractivity contribution is 0.0725. The second-order valence-corrected chi connectivity index (χ2v) is 3.53. The quantitative estimate of drug-likeness (QED) is 0.591. The predicted molar refractivity (Wildman–Crippen MR) is 48.1 cm³/mol. The Bertz CT molecular complexity index is 122. The molecule has 1 atom stereocenters. The summed E-state index contributed by atoms with van der Waals surface area (Å²) in [6.07, 6.45) is 2.06. The molecule has 0 amide bonds. The topological polar surface area (TPSA) is 41.5 Å². The molecule has 0 aromatic heterocycles. The van der Waals surface area contributed by atoms with Gasteiger partial charge in [-0.2, -0.15) is 0 Å². The molecule has 12 heavy (non-hydrogen) atoms. The Morgan fingerprint density at radius 2 is 2.42 bits per heavy atom. The lowest BCUT2D eigenvalue weighted by atomic mass is 9.85. The zero-order valence-corrected chi connectivity index (χ0v) is 7.81. The minimum atomic E-state index is 0.106. The van der Waals surface area contributed by atoms with Gasteiger partial charge in [0.15, 0.2) is 0 Å². The van der Waals surface area contributed by atoms with E-state index in [0.717, 1.165) is 39.1 Å². The van der Waals surface area contributed by atoms with Gasteiger partial charge in [0.2, 0.25) is 0 Å². The van der Waals surface area contributed by atoms with Crippen LogP contribution in [0.5, 0.6) is 0 Å².